The van der Waals surface area contributed by atoms with Crippen molar-refractivity contribution in [2.75, 3.05) is 7.11 Å². The maximum Gasteiger partial charge on any atom is 0.160 e. The molecule has 0 saturated heterocycles. The molecule has 1 aliphatic rings. The van der Waals surface area contributed by atoms with E-state index in [-0.39, 0.29) is 5.75 Å². The van der Waals surface area contributed by atoms with Gasteiger partial charge in [-0.05, 0) is 54.7 Å². The monoisotopic (exact) mass is 276 g/mol. The molecular weight excluding hydrogens is 248 g/mol. The molecule has 1 aliphatic carbocycles. The molecule has 0 heterocycles. The van der Waals surface area contributed by atoms with Crippen molar-refractivity contribution in [3.8, 4) is 11.5 Å². The molecule has 1 N–H and O–H groups in total. The summed E-state index contributed by atoms with van der Waals surface area (Å²) in [5.74, 6) is 1.66. The van der Waals surface area contributed by atoms with E-state index in [0.29, 0.717) is 11.2 Å². The Kier molecular flexibility index (Phi) is 4.95. The van der Waals surface area contributed by atoms with E-state index >= 15 is 0 Å². The minimum absolute atomic E-state index is 0.257. The second-order valence-electron chi connectivity index (χ2n) is 6.67. The Hall–Kier alpha value is -1.18. The van der Waals surface area contributed by atoms with Crippen LogP contribution in [0.5, 0.6) is 11.5 Å². The number of phenols is 1. The maximum absolute atomic E-state index is 9.82. The second kappa shape index (κ2) is 6.51. The highest BCUT2D eigenvalue weighted by molar-refractivity contribution is 5.41. The third kappa shape index (κ3) is 3.68. The quantitative estimate of drug-likeness (QED) is 0.825. The molecular formula is C18H28O2. The average Bonchev–Trinajstić information content (AvgIpc) is 2.45. The fourth-order valence-electron chi connectivity index (χ4n) is 3.55. The molecule has 1 aromatic rings. The van der Waals surface area contributed by atoms with Gasteiger partial charge >= 0.3 is 0 Å². The zero-order valence-corrected chi connectivity index (χ0v) is 13.1. The summed E-state index contributed by atoms with van der Waals surface area (Å²) < 4.78 is 5.09. The summed E-state index contributed by atoms with van der Waals surface area (Å²) in [6, 6.07) is 5.78. The van der Waals surface area contributed by atoms with E-state index in [1.165, 1.54) is 44.1 Å². The van der Waals surface area contributed by atoms with Gasteiger partial charge in [0.2, 0.25) is 0 Å². The lowest BCUT2D eigenvalue weighted by atomic mass is 9.68. The smallest absolute Gasteiger partial charge is 0.160 e. The van der Waals surface area contributed by atoms with Crippen LogP contribution < -0.4 is 4.74 Å². The predicted molar refractivity (Wildman–Crippen MR) is 83.3 cm³/mol. The van der Waals surface area contributed by atoms with Crippen molar-refractivity contribution in [3.05, 3.63) is 23.8 Å². The van der Waals surface area contributed by atoms with E-state index < -0.39 is 0 Å². The Labute approximate surface area is 123 Å². The van der Waals surface area contributed by atoms with Crippen LogP contribution in [0.2, 0.25) is 0 Å². The van der Waals surface area contributed by atoms with Crippen LogP contribution in [0.4, 0.5) is 0 Å². The van der Waals surface area contributed by atoms with E-state index in [9.17, 15) is 5.11 Å². The summed E-state index contributed by atoms with van der Waals surface area (Å²) in [7, 11) is 1.59. The number of benzene rings is 1. The molecule has 112 valence electrons. The first-order chi connectivity index (χ1) is 9.56. The summed E-state index contributed by atoms with van der Waals surface area (Å²) in [5.41, 5.74) is 1.78. The number of hydrogen-bond acceptors (Lipinski definition) is 2. The van der Waals surface area contributed by atoms with Gasteiger partial charge in [-0.25, -0.2) is 0 Å². The van der Waals surface area contributed by atoms with Crippen molar-refractivity contribution in [2.45, 2.75) is 58.8 Å². The maximum atomic E-state index is 9.82. The molecule has 1 saturated carbocycles. The summed E-state index contributed by atoms with van der Waals surface area (Å²) in [4.78, 5) is 0. The van der Waals surface area contributed by atoms with Gasteiger partial charge in [0.05, 0.1) is 7.11 Å². The minimum Gasteiger partial charge on any atom is -0.504 e. The third-order valence-electron chi connectivity index (χ3n) is 5.11. The molecule has 0 radical (unpaired) electrons. The number of ether oxygens (including phenoxy) is 1. The normalized spacial score (nSPS) is 26.4. The van der Waals surface area contributed by atoms with Gasteiger partial charge in [0, 0.05) is 0 Å². The van der Waals surface area contributed by atoms with Gasteiger partial charge in [-0.3, -0.25) is 0 Å². The first kappa shape index (κ1) is 15.2. The molecule has 2 atom stereocenters. The standard InChI is InChI=1S/C18H28O2/c1-4-18(2)11-5-6-15(13-18)8-7-14-9-10-17(20-3)16(19)12-14/h9-10,12,15,19H,4-8,11,13H2,1-3H3. The van der Waals surface area contributed by atoms with Crippen molar-refractivity contribution in [2.24, 2.45) is 11.3 Å². The van der Waals surface area contributed by atoms with E-state index in [2.05, 4.69) is 19.9 Å². The fourth-order valence-corrected chi connectivity index (χ4v) is 3.55. The number of methoxy groups -OCH3 is 1. The van der Waals surface area contributed by atoms with Crippen LogP contribution >= 0.6 is 0 Å². The van der Waals surface area contributed by atoms with Crippen LogP contribution in [0.25, 0.3) is 0 Å². The summed E-state index contributed by atoms with van der Waals surface area (Å²) in [6.45, 7) is 4.77. The number of aryl methyl sites for hydroxylation is 1. The van der Waals surface area contributed by atoms with Gasteiger partial charge < -0.3 is 9.84 Å². The van der Waals surface area contributed by atoms with Gasteiger partial charge in [0.15, 0.2) is 11.5 Å². The topological polar surface area (TPSA) is 29.5 Å². The number of aromatic hydroxyl groups is 1. The molecule has 1 fully saturated rings. The zero-order chi connectivity index (χ0) is 14.6. The van der Waals surface area contributed by atoms with Gasteiger partial charge in [0.25, 0.3) is 0 Å². The van der Waals surface area contributed by atoms with Crippen molar-refractivity contribution in [1.82, 2.24) is 0 Å². The van der Waals surface area contributed by atoms with Crippen molar-refractivity contribution in [1.29, 1.82) is 0 Å². The van der Waals surface area contributed by atoms with E-state index in [4.69, 9.17) is 4.74 Å². The molecule has 20 heavy (non-hydrogen) atoms. The fraction of sp³-hybridized carbons (Fsp3) is 0.667. The number of rotatable bonds is 5. The van der Waals surface area contributed by atoms with Gasteiger partial charge in [0.1, 0.15) is 0 Å². The van der Waals surface area contributed by atoms with Crippen molar-refractivity contribution >= 4 is 0 Å². The van der Waals surface area contributed by atoms with Crippen LogP contribution in [0, 0.1) is 11.3 Å². The minimum atomic E-state index is 0.257. The van der Waals surface area contributed by atoms with E-state index in [1.54, 1.807) is 7.11 Å². The number of phenolic OH excluding ortho intramolecular Hbond substituents is 1. The van der Waals surface area contributed by atoms with E-state index in [0.717, 1.165) is 12.3 Å². The van der Waals surface area contributed by atoms with Crippen LogP contribution in [0.15, 0.2) is 18.2 Å². The van der Waals surface area contributed by atoms with Crippen molar-refractivity contribution in [3.63, 3.8) is 0 Å². The molecule has 2 rings (SSSR count). The Morgan fingerprint density at radius 2 is 2.20 bits per heavy atom. The molecule has 2 nitrogen and oxygen atoms in total. The molecule has 2 heteroatoms. The Bertz CT molecular complexity index is 441. The Morgan fingerprint density at radius 1 is 1.40 bits per heavy atom. The van der Waals surface area contributed by atoms with Gasteiger partial charge in [-0.15, -0.1) is 0 Å². The highest BCUT2D eigenvalue weighted by atomic mass is 16.5. The molecule has 0 amide bonds. The van der Waals surface area contributed by atoms with Gasteiger partial charge in [-0.1, -0.05) is 39.2 Å². The van der Waals surface area contributed by atoms with Crippen LogP contribution in [-0.2, 0) is 6.42 Å². The highest BCUT2D eigenvalue weighted by Crippen LogP contribution is 2.43. The largest absolute Gasteiger partial charge is 0.504 e. The van der Waals surface area contributed by atoms with Gasteiger partial charge in [-0.2, -0.15) is 0 Å². The van der Waals surface area contributed by atoms with Crippen molar-refractivity contribution < 1.29 is 9.84 Å². The predicted octanol–water partition coefficient (Wildman–Crippen LogP) is 4.94. The molecule has 1 aromatic carbocycles. The Balaban J connectivity index is 1.90. The Morgan fingerprint density at radius 3 is 2.85 bits per heavy atom. The van der Waals surface area contributed by atoms with Crippen LogP contribution in [0.1, 0.15) is 57.9 Å². The highest BCUT2D eigenvalue weighted by Gasteiger charge is 2.30. The van der Waals surface area contributed by atoms with Crippen LogP contribution in [-0.4, -0.2) is 12.2 Å². The molecule has 0 aliphatic heterocycles. The summed E-state index contributed by atoms with van der Waals surface area (Å²) in [6.07, 6.45) is 9.10. The average molecular weight is 276 g/mol. The summed E-state index contributed by atoms with van der Waals surface area (Å²) in [5, 5.41) is 9.82. The second-order valence-corrected chi connectivity index (χ2v) is 6.67. The third-order valence-corrected chi connectivity index (χ3v) is 5.11. The SMILES string of the molecule is CCC1(C)CCCC(CCc2ccc(OC)c(O)c2)C1. The van der Waals surface area contributed by atoms with Crippen LogP contribution in [0.3, 0.4) is 0 Å². The summed E-state index contributed by atoms with van der Waals surface area (Å²) >= 11 is 0. The molecule has 2 unspecified atom stereocenters. The molecule has 0 bridgehead atoms. The lowest BCUT2D eigenvalue weighted by Gasteiger charge is -2.37. The lowest BCUT2D eigenvalue weighted by molar-refractivity contribution is 0.147. The zero-order valence-electron chi connectivity index (χ0n) is 13.1. The van der Waals surface area contributed by atoms with E-state index in [1.807, 2.05) is 12.1 Å². The number of hydrogen-bond donors (Lipinski definition) is 1. The first-order valence-corrected chi connectivity index (χ1v) is 7.92. The lowest BCUT2D eigenvalue weighted by Crippen LogP contribution is -2.25. The first-order valence-electron chi connectivity index (χ1n) is 7.92. The molecule has 0 aromatic heterocycles. The molecule has 0 spiro atoms.